The van der Waals surface area contributed by atoms with Crippen molar-refractivity contribution in [2.24, 2.45) is 0 Å². The van der Waals surface area contributed by atoms with Crippen LogP contribution >= 0.6 is 0 Å². The van der Waals surface area contributed by atoms with E-state index in [1.165, 1.54) is 18.2 Å². The molecule has 0 saturated heterocycles. The summed E-state index contributed by atoms with van der Waals surface area (Å²) in [6, 6.07) is 4.23. The minimum absolute atomic E-state index is 0.0722. The zero-order valence-electron chi connectivity index (χ0n) is 10.8. The summed E-state index contributed by atoms with van der Waals surface area (Å²) < 4.78 is 0. The van der Waals surface area contributed by atoms with E-state index in [1.807, 2.05) is 0 Å². The molecular formula is C13H20N2O3. The Morgan fingerprint density at radius 3 is 2.28 bits per heavy atom. The highest BCUT2D eigenvalue weighted by molar-refractivity contribution is 5.99. The van der Waals surface area contributed by atoms with E-state index in [0.717, 1.165) is 19.6 Å². The van der Waals surface area contributed by atoms with Crippen molar-refractivity contribution in [1.29, 1.82) is 0 Å². The summed E-state index contributed by atoms with van der Waals surface area (Å²) in [4.78, 5) is 14.0. The number of nitrogens with one attached hydrogen (secondary N) is 1. The molecule has 0 aliphatic heterocycles. The molecule has 0 spiro atoms. The third kappa shape index (κ3) is 3.63. The summed E-state index contributed by atoms with van der Waals surface area (Å²) in [5, 5.41) is 21.7. The molecule has 0 heterocycles. The number of nitrogens with zero attached hydrogens (tertiary/aromatic N) is 1. The fourth-order valence-corrected chi connectivity index (χ4v) is 1.72. The van der Waals surface area contributed by atoms with Crippen LogP contribution < -0.4 is 5.32 Å². The molecule has 1 amide bonds. The largest absolute Gasteiger partial charge is 0.507 e. The van der Waals surface area contributed by atoms with Gasteiger partial charge in [0.2, 0.25) is 0 Å². The van der Waals surface area contributed by atoms with Crippen LogP contribution in [0.5, 0.6) is 11.5 Å². The molecule has 100 valence electrons. The normalized spacial score (nSPS) is 10.6. The van der Waals surface area contributed by atoms with Crippen LogP contribution in [0.15, 0.2) is 18.2 Å². The fourth-order valence-electron chi connectivity index (χ4n) is 1.72. The van der Waals surface area contributed by atoms with E-state index in [0.29, 0.717) is 6.54 Å². The first-order valence-corrected chi connectivity index (χ1v) is 6.11. The number of likely N-dealkylation sites (N-methyl/N-ethyl adjacent to an activating group) is 1. The smallest absolute Gasteiger partial charge is 0.258 e. The van der Waals surface area contributed by atoms with Gasteiger partial charge in [-0.3, -0.25) is 4.79 Å². The molecule has 0 saturated carbocycles. The summed E-state index contributed by atoms with van der Waals surface area (Å²) in [7, 11) is 0. The summed E-state index contributed by atoms with van der Waals surface area (Å²) in [5.74, 6) is -0.886. The number of aromatic hydroxyl groups is 2. The number of carbonyl (C=O) groups is 1. The average Bonchev–Trinajstić information content (AvgIpc) is 2.34. The number of rotatable bonds is 6. The van der Waals surface area contributed by atoms with Crippen molar-refractivity contribution < 1.29 is 15.0 Å². The molecular weight excluding hydrogens is 232 g/mol. The number of phenols is 2. The summed E-state index contributed by atoms with van der Waals surface area (Å²) in [5.41, 5.74) is -0.0722. The molecule has 0 atom stereocenters. The van der Waals surface area contributed by atoms with Crippen LogP contribution in [0.2, 0.25) is 0 Å². The molecule has 5 nitrogen and oxygen atoms in total. The van der Waals surface area contributed by atoms with Gasteiger partial charge < -0.3 is 20.4 Å². The molecule has 5 heteroatoms. The Hall–Kier alpha value is -1.75. The lowest BCUT2D eigenvalue weighted by atomic mass is 10.1. The van der Waals surface area contributed by atoms with Crippen molar-refractivity contribution in [2.45, 2.75) is 13.8 Å². The van der Waals surface area contributed by atoms with Crippen LogP contribution in [0, 0.1) is 0 Å². The van der Waals surface area contributed by atoms with E-state index in [2.05, 4.69) is 24.1 Å². The van der Waals surface area contributed by atoms with Crippen molar-refractivity contribution in [1.82, 2.24) is 10.2 Å². The van der Waals surface area contributed by atoms with E-state index in [1.54, 1.807) is 0 Å². The zero-order valence-corrected chi connectivity index (χ0v) is 10.8. The Morgan fingerprint density at radius 1 is 1.22 bits per heavy atom. The van der Waals surface area contributed by atoms with E-state index >= 15 is 0 Å². The Labute approximate surface area is 107 Å². The van der Waals surface area contributed by atoms with Crippen LogP contribution in [-0.2, 0) is 0 Å². The van der Waals surface area contributed by atoms with Crippen molar-refractivity contribution in [3.05, 3.63) is 23.8 Å². The number of carbonyl (C=O) groups excluding carboxylic acids is 1. The molecule has 1 aromatic carbocycles. The van der Waals surface area contributed by atoms with Crippen molar-refractivity contribution >= 4 is 5.91 Å². The molecule has 0 unspecified atom stereocenters. The highest BCUT2D eigenvalue weighted by Crippen LogP contribution is 2.25. The Balaban J connectivity index is 2.56. The Morgan fingerprint density at radius 2 is 1.78 bits per heavy atom. The summed E-state index contributed by atoms with van der Waals surface area (Å²) in [6.07, 6.45) is 0. The van der Waals surface area contributed by atoms with Gasteiger partial charge in [-0.1, -0.05) is 19.9 Å². The molecule has 0 fully saturated rings. The number of phenolic OH excluding ortho intramolecular Hbond substituents is 2. The number of hydrogen-bond donors (Lipinski definition) is 3. The number of benzene rings is 1. The second kappa shape index (κ2) is 6.86. The maximum absolute atomic E-state index is 11.8. The molecule has 0 bridgehead atoms. The van der Waals surface area contributed by atoms with E-state index < -0.39 is 5.91 Å². The van der Waals surface area contributed by atoms with E-state index in [9.17, 15) is 15.0 Å². The monoisotopic (exact) mass is 252 g/mol. The van der Waals surface area contributed by atoms with Crippen LogP contribution in [-0.4, -0.2) is 47.2 Å². The maximum atomic E-state index is 11.8. The van der Waals surface area contributed by atoms with Crippen LogP contribution in [0.25, 0.3) is 0 Å². The predicted molar refractivity (Wildman–Crippen MR) is 69.9 cm³/mol. The molecule has 3 N–H and O–H groups in total. The van der Waals surface area contributed by atoms with Gasteiger partial charge in [0.25, 0.3) is 5.91 Å². The Kier molecular flexibility index (Phi) is 5.45. The van der Waals surface area contributed by atoms with Gasteiger partial charge in [-0.25, -0.2) is 0 Å². The van der Waals surface area contributed by atoms with Gasteiger partial charge in [-0.2, -0.15) is 0 Å². The zero-order chi connectivity index (χ0) is 13.5. The minimum Gasteiger partial charge on any atom is -0.507 e. The second-order valence-corrected chi connectivity index (χ2v) is 3.95. The van der Waals surface area contributed by atoms with Gasteiger partial charge in [0.05, 0.1) is 0 Å². The summed E-state index contributed by atoms with van der Waals surface area (Å²) >= 11 is 0. The molecule has 1 aromatic rings. The fraction of sp³-hybridized carbons (Fsp3) is 0.462. The van der Waals surface area contributed by atoms with Crippen LogP contribution in [0.4, 0.5) is 0 Å². The highest BCUT2D eigenvalue weighted by Gasteiger charge is 2.15. The maximum Gasteiger partial charge on any atom is 0.258 e. The van der Waals surface area contributed by atoms with Gasteiger partial charge in [0.15, 0.2) is 0 Å². The SMILES string of the molecule is CCN(CC)CCNC(=O)c1c(O)cccc1O. The lowest BCUT2D eigenvalue weighted by Gasteiger charge is -2.18. The third-order valence-corrected chi connectivity index (χ3v) is 2.86. The third-order valence-electron chi connectivity index (χ3n) is 2.86. The first kappa shape index (κ1) is 14.3. The first-order valence-electron chi connectivity index (χ1n) is 6.11. The average molecular weight is 252 g/mol. The Bertz CT molecular complexity index is 383. The van der Waals surface area contributed by atoms with Crippen molar-refractivity contribution in [3.63, 3.8) is 0 Å². The molecule has 18 heavy (non-hydrogen) atoms. The predicted octanol–water partition coefficient (Wildman–Crippen LogP) is 1.17. The number of hydrogen-bond acceptors (Lipinski definition) is 4. The molecule has 0 aliphatic carbocycles. The standard InChI is InChI=1S/C13H20N2O3/c1-3-15(4-2)9-8-14-13(18)12-10(16)6-5-7-11(12)17/h5-7,16-17H,3-4,8-9H2,1-2H3,(H,14,18). The van der Waals surface area contributed by atoms with Crippen LogP contribution in [0.3, 0.4) is 0 Å². The highest BCUT2D eigenvalue weighted by atomic mass is 16.3. The van der Waals surface area contributed by atoms with Crippen molar-refractivity contribution in [2.75, 3.05) is 26.2 Å². The molecule has 0 aromatic heterocycles. The minimum atomic E-state index is -0.460. The molecule has 0 aliphatic rings. The lowest BCUT2D eigenvalue weighted by molar-refractivity contribution is 0.0943. The van der Waals surface area contributed by atoms with E-state index in [-0.39, 0.29) is 17.1 Å². The topological polar surface area (TPSA) is 72.8 Å². The van der Waals surface area contributed by atoms with Gasteiger partial charge in [0, 0.05) is 13.1 Å². The van der Waals surface area contributed by atoms with Gasteiger partial charge in [0.1, 0.15) is 17.1 Å². The second-order valence-electron chi connectivity index (χ2n) is 3.95. The van der Waals surface area contributed by atoms with Crippen LogP contribution in [0.1, 0.15) is 24.2 Å². The quantitative estimate of drug-likeness (QED) is 0.710. The number of amides is 1. The lowest BCUT2D eigenvalue weighted by Crippen LogP contribution is -2.34. The van der Waals surface area contributed by atoms with Gasteiger partial charge in [-0.15, -0.1) is 0 Å². The molecule has 1 rings (SSSR count). The van der Waals surface area contributed by atoms with Gasteiger partial charge >= 0.3 is 0 Å². The molecule has 0 radical (unpaired) electrons. The van der Waals surface area contributed by atoms with Crippen molar-refractivity contribution in [3.8, 4) is 11.5 Å². The summed E-state index contributed by atoms with van der Waals surface area (Å²) in [6.45, 7) is 7.18. The first-order chi connectivity index (χ1) is 8.60. The van der Waals surface area contributed by atoms with Gasteiger partial charge in [-0.05, 0) is 25.2 Å². The van der Waals surface area contributed by atoms with E-state index in [4.69, 9.17) is 0 Å².